The van der Waals surface area contributed by atoms with Crippen molar-refractivity contribution in [2.24, 2.45) is 0 Å². The molecule has 1 rings (SSSR count). The third-order valence-electron chi connectivity index (χ3n) is 1.57. The summed E-state index contributed by atoms with van der Waals surface area (Å²) in [6.45, 7) is 2.07. The number of carbonyl (C=O) groups excluding carboxylic acids is 2. The Bertz CT molecular complexity index is 370. The number of aldehydes is 1. The van der Waals surface area contributed by atoms with Gasteiger partial charge < -0.3 is 9.53 Å². The van der Waals surface area contributed by atoms with Crippen molar-refractivity contribution in [2.45, 2.75) is 13.3 Å². The predicted octanol–water partition coefficient (Wildman–Crippen LogP) is 1.92. The van der Waals surface area contributed by atoms with E-state index in [1.54, 1.807) is 24.6 Å². The molecule has 1 aromatic rings. The number of hydrogen-bond acceptors (Lipinski definition) is 5. The first-order chi connectivity index (χ1) is 7.29. The van der Waals surface area contributed by atoms with E-state index >= 15 is 0 Å². The number of ether oxygens (including phenoxy) is 1. The summed E-state index contributed by atoms with van der Waals surface area (Å²) in [7, 11) is 0. The van der Waals surface area contributed by atoms with E-state index < -0.39 is 5.97 Å². The van der Waals surface area contributed by atoms with E-state index in [1.807, 2.05) is 0 Å². The third kappa shape index (κ3) is 3.28. The van der Waals surface area contributed by atoms with Crippen LogP contribution in [0.15, 0.2) is 11.6 Å². The molecule has 4 nitrogen and oxygen atoms in total. The lowest BCUT2D eigenvalue weighted by molar-refractivity contribution is -0.107. The van der Waals surface area contributed by atoms with Gasteiger partial charge in [0.1, 0.15) is 6.29 Å². The molecule has 0 aliphatic rings. The monoisotopic (exact) mass is 225 g/mol. The maximum atomic E-state index is 11.4. The lowest BCUT2D eigenvalue weighted by Gasteiger charge is -1.98. The molecule has 0 spiro atoms. The highest BCUT2D eigenvalue weighted by Gasteiger charge is 2.13. The van der Waals surface area contributed by atoms with Crippen LogP contribution in [0.4, 0.5) is 0 Å². The number of esters is 1. The van der Waals surface area contributed by atoms with Gasteiger partial charge in [0, 0.05) is 6.42 Å². The number of rotatable bonds is 5. The van der Waals surface area contributed by atoms with Crippen LogP contribution in [0.3, 0.4) is 0 Å². The second-order valence-corrected chi connectivity index (χ2v) is 3.48. The Kier molecular flexibility index (Phi) is 4.70. The highest BCUT2D eigenvalue weighted by atomic mass is 32.1. The maximum absolute atomic E-state index is 11.4. The third-order valence-corrected chi connectivity index (χ3v) is 2.36. The standard InChI is InChI=1S/C10H11NO3S/c1-2-14-10(13)9-8(15-7-11-9)5-3-4-6-12/h3,5-7H,2,4H2,1H3. The Morgan fingerprint density at radius 1 is 1.67 bits per heavy atom. The number of aromatic nitrogens is 1. The molecular formula is C10H11NO3S. The van der Waals surface area contributed by atoms with E-state index in [4.69, 9.17) is 4.74 Å². The quantitative estimate of drug-likeness (QED) is 0.567. The summed E-state index contributed by atoms with van der Waals surface area (Å²) in [5.41, 5.74) is 1.89. The van der Waals surface area contributed by atoms with Gasteiger partial charge in [0.2, 0.25) is 0 Å². The SMILES string of the molecule is CCOC(=O)c1ncsc1C=CCC=O. The largest absolute Gasteiger partial charge is 0.461 e. The minimum atomic E-state index is -0.426. The van der Waals surface area contributed by atoms with Gasteiger partial charge in [0.15, 0.2) is 5.69 Å². The zero-order chi connectivity index (χ0) is 11.1. The van der Waals surface area contributed by atoms with Gasteiger partial charge in [-0.3, -0.25) is 0 Å². The van der Waals surface area contributed by atoms with Gasteiger partial charge in [-0.05, 0) is 13.0 Å². The van der Waals surface area contributed by atoms with Crippen molar-refractivity contribution >= 4 is 29.7 Å². The number of thiazole rings is 1. The number of allylic oxidation sites excluding steroid dienone is 1. The summed E-state index contributed by atoms with van der Waals surface area (Å²) in [5, 5.41) is 0. The van der Waals surface area contributed by atoms with Crippen LogP contribution in [0.25, 0.3) is 6.08 Å². The highest BCUT2D eigenvalue weighted by molar-refractivity contribution is 7.10. The average Bonchev–Trinajstić information content (AvgIpc) is 2.67. The molecule has 0 aliphatic carbocycles. The van der Waals surface area contributed by atoms with E-state index in [1.165, 1.54) is 11.3 Å². The molecule has 5 heteroatoms. The smallest absolute Gasteiger partial charge is 0.358 e. The summed E-state index contributed by atoms with van der Waals surface area (Å²) in [6.07, 6.45) is 4.52. The molecule has 80 valence electrons. The fourth-order valence-electron chi connectivity index (χ4n) is 0.957. The summed E-state index contributed by atoms with van der Waals surface area (Å²) in [5.74, 6) is -0.426. The molecule has 1 heterocycles. The van der Waals surface area contributed by atoms with Gasteiger partial charge in [-0.25, -0.2) is 9.78 Å². The van der Waals surface area contributed by atoms with Crippen molar-refractivity contribution in [2.75, 3.05) is 6.61 Å². The van der Waals surface area contributed by atoms with Gasteiger partial charge in [0.25, 0.3) is 0 Å². The van der Waals surface area contributed by atoms with E-state index in [0.717, 1.165) is 11.2 Å². The van der Waals surface area contributed by atoms with E-state index in [9.17, 15) is 9.59 Å². The first-order valence-corrected chi connectivity index (χ1v) is 5.38. The van der Waals surface area contributed by atoms with Crippen molar-refractivity contribution in [1.29, 1.82) is 0 Å². The lowest BCUT2D eigenvalue weighted by Crippen LogP contribution is -2.06. The van der Waals surface area contributed by atoms with Gasteiger partial charge >= 0.3 is 5.97 Å². The van der Waals surface area contributed by atoms with Gasteiger partial charge in [-0.1, -0.05) is 6.08 Å². The molecule has 0 bridgehead atoms. The van der Waals surface area contributed by atoms with Crippen molar-refractivity contribution in [1.82, 2.24) is 4.98 Å². The summed E-state index contributed by atoms with van der Waals surface area (Å²) in [4.78, 5) is 26.1. The minimum Gasteiger partial charge on any atom is -0.461 e. The van der Waals surface area contributed by atoms with E-state index in [-0.39, 0.29) is 0 Å². The maximum Gasteiger partial charge on any atom is 0.358 e. The second kappa shape index (κ2) is 6.08. The normalized spacial score (nSPS) is 10.5. The topological polar surface area (TPSA) is 56.3 Å². The molecule has 0 aliphatic heterocycles. The average molecular weight is 225 g/mol. The molecule has 0 saturated heterocycles. The zero-order valence-electron chi connectivity index (χ0n) is 8.30. The van der Waals surface area contributed by atoms with Crippen molar-refractivity contribution < 1.29 is 14.3 Å². The molecule has 0 atom stereocenters. The molecule has 0 saturated carbocycles. The van der Waals surface area contributed by atoms with Gasteiger partial charge in [0.05, 0.1) is 17.0 Å². The van der Waals surface area contributed by atoms with Crippen molar-refractivity contribution in [3.63, 3.8) is 0 Å². The molecule has 0 N–H and O–H groups in total. The number of nitrogens with zero attached hydrogens (tertiary/aromatic N) is 1. The minimum absolute atomic E-state index is 0.309. The van der Waals surface area contributed by atoms with Gasteiger partial charge in [-0.2, -0.15) is 0 Å². The Hall–Kier alpha value is -1.49. The molecule has 0 amide bonds. The first-order valence-electron chi connectivity index (χ1n) is 4.50. The van der Waals surface area contributed by atoms with Crippen molar-refractivity contribution in [3.8, 4) is 0 Å². The molecule has 0 fully saturated rings. The molecule has 0 aromatic carbocycles. The van der Waals surface area contributed by atoms with Crippen LogP contribution in [0.2, 0.25) is 0 Å². The fourth-order valence-corrected chi connectivity index (χ4v) is 1.65. The fraction of sp³-hybridized carbons (Fsp3) is 0.300. The van der Waals surface area contributed by atoms with Crippen LogP contribution in [0.1, 0.15) is 28.7 Å². The molecule has 0 unspecified atom stereocenters. The summed E-state index contributed by atoms with van der Waals surface area (Å²) in [6, 6.07) is 0. The van der Waals surface area contributed by atoms with Crippen LogP contribution in [-0.2, 0) is 9.53 Å². The number of carbonyl (C=O) groups is 2. The second-order valence-electron chi connectivity index (χ2n) is 2.59. The van der Waals surface area contributed by atoms with Crippen LogP contribution in [-0.4, -0.2) is 23.8 Å². The molecule has 1 aromatic heterocycles. The first kappa shape index (κ1) is 11.6. The van der Waals surface area contributed by atoms with Crippen molar-refractivity contribution in [3.05, 3.63) is 22.2 Å². The lowest BCUT2D eigenvalue weighted by atomic mass is 10.3. The molecule has 15 heavy (non-hydrogen) atoms. The summed E-state index contributed by atoms with van der Waals surface area (Å²) < 4.78 is 4.84. The van der Waals surface area contributed by atoms with Crippen LogP contribution in [0.5, 0.6) is 0 Å². The highest BCUT2D eigenvalue weighted by Crippen LogP contribution is 2.16. The Morgan fingerprint density at radius 2 is 2.47 bits per heavy atom. The van der Waals surface area contributed by atoms with Crippen LogP contribution < -0.4 is 0 Å². The molecule has 0 radical (unpaired) electrons. The van der Waals surface area contributed by atoms with Gasteiger partial charge in [-0.15, -0.1) is 11.3 Å². The van der Waals surface area contributed by atoms with E-state index in [2.05, 4.69) is 4.98 Å². The van der Waals surface area contributed by atoms with Crippen LogP contribution >= 0.6 is 11.3 Å². The Labute approximate surface area is 91.6 Å². The Morgan fingerprint density at radius 3 is 3.13 bits per heavy atom. The molecular weight excluding hydrogens is 214 g/mol. The van der Waals surface area contributed by atoms with E-state index in [0.29, 0.717) is 18.7 Å². The predicted molar refractivity (Wildman–Crippen MR) is 57.8 cm³/mol. The summed E-state index contributed by atoms with van der Waals surface area (Å²) >= 11 is 1.34. The number of hydrogen-bond donors (Lipinski definition) is 0. The van der Waals surface area contributed by atoms with Crippen LogP contribution in [0, 0.1) is 0 Å². The zero-order valence-corrected chi connectivity index (χ0v) is 9.12. The Balaban J connectivity index is 2.77.